The van der Waals surface area contributed by atoms with Crippen molar-refractivity contribution >= 4 is 11.8 Å². The first kappa shape index (κ1) is 20.6. The van der Waals surface area contributed by atoms with Gasteiger partial charge in [0.05, 0.1) is 12.1 Å². The van der Waals surface area contributed by atoms with Gasteiger partial charge in [-0.2, -0.15) is 13.2 Å². The molecule has 2 amide bonds. The van der Waals surface area contributed by atoms with E-state index in [1.54, 1.807) is 17.9 Å². The summed E-state index contributed by atoms with van der Waals surface area (Å²) in [6, 6.07) is 5.42. The molecule has 0 radical (unpaired) electrons. The first-order valence-electron chi connectivity index (χ1n) is 9.71. The van der Waals surface area contributed by atoms with Crippen LogP contribution in [0.4, 0.5) is 13.2 Å². The van der Waals surface area contributed by atoms with Gasteiger partial charge in [-0.25, -0.2) is 0 Å². The summed E-state index contributed by atoms with van der Waals surface area (Å²) in [5, 5.41) is 3.04. The van der Waals surface area contributed by atoms with E-state index in [2.05, 4.69) is 5.32 Å². The summed E-state index contributed by atoms with van der Waals surface area (Å²) in [5.74, 6) is -0.652. The molecule has 2 aliphatic rings. The van der Waals surface area contributed by atoms with Crippen molar-refractivity contribution in [3.05, 3.63) is 35.4 Å². The maximum Gasteiger partial charge on any atom is 0.416 e. The minimum atomic E-state index is -4.44. The molecule has 1 N–H and O–H groups in total. The molecule has 3 rings (SSSR count). The lowest BCUT2D eigenvalue weighted by Crippen LogP contribution is -2.57. The van der Waals surface area contributed by atoms with E-state index in [1.807, 2.05) is 4.90 Å². The lowest BCUT2D eigenvalue weighted by atomic mass is 9.92. The number of rotatable bonds is 4. The van der Waals surface area contributed by atoms with Crippen LogP contribution in [0.1, 0.15) is 43.2 Å². The highest BCUT2D eigenvalue weighted by Crippen LogP contribution is 2.36. The van der Waals surface area contributed by atoms with Gasteiger partial charge in [-0.3, -0.25) is 9.59 Å². The van der Waals surface area contributed by atoms with Gasteiger partial charge in [0.25, 0.3) is 0 Å². The molecule has 2 unspecified atom stereocenters. The molecule has 154 valence electrons. The van der Waals surface area contributed by atoms with Crippen LogP contribution in [0.2, 0.25) is 0 Å². The van der Waals surface area contributed by atoms with Gasteiger partial charge >= 0.3 is 6.18 Å². The molecule has 2 aliphatic heterocycles. The monoisotopic (exact) mass is 397 g/mol. The molecule has 0 aromatic heterocycles. The van der Waals surface area contributed by atoms with E-state index in [0.717, 1.165) is 25.5 Å². The van der Waals surface area contributed by atoms with Gasteiger partial charge in [-0.15, -0.1) is 0 Å². The molecule has 2 atom stereocenters. The Hall–Kier alpha value is -2.09. The van der Waals surface area contributed by atoms with Gasteiger partial charge in [0.15, 0.2) is 0 Å². The minimum Gasteiger partial charge on any atom is -0.341 e. The van der Waals surface area contributed by atoms with Gasteiger partial charge in [-0.1, -0.05) is 25.1 Å². The molecule has 0 aliphatic carbocycles. The molecule has 0 bridgehead atoms. The maximum absolute atomic E-state index is 13.3. The van der Waals surface area contributed by atoms with Crippen molar-refractivity contribution in [3.63, 3.8) is 0 Å². The van der Waals surface area contributed by atoms with Crippen LogP contribution in [-0.2, 0) is 15.8 Å². The second kappa shape index (κ2) is 8.51. The SMILES string of the molecule is CC(CC(=O)N1CCCC(N2CCNCC2=O)C1)c1ccccc1C(F)(F)F. The molecule has 5 nitrogen and oxygen atoms in total. The predicted octanol–water partition coefficient (Wildman–Crippen LogP) is 2.62. The largest absolute Gasteiger partial charge is 0.416 e. The second-order valence-electron chi connectivity index (χ2n) is 7.59. The number of carbonyl (C=O) groups excluding carboxylic acids is 2. The molecule has 8 heteroatoms. The zero-order valence-electron chi connectivity index (χ0n) is 16.0. The average molecular weight is 397 g/mol. The Kier molecular flexibility index (Phi) is 6.27. The highest BCUT2D eigenvalue weighted by atomic mass is 19.4. The van der Waals surface area contributed by atoms with Crippen LogP contribution in [0.25, 0.3) is 0 Å². The van der Waals surface area contributed by atoms with Crippen molar-refractivity contribution in [3.8, 4) is 0 Å². The van der Waals surface area contributed by atoms with E-state index in [-0.39, 0.29) is 29.8 Å². The number of nitrogens with zero attached hydrogens (tertiary/aromatic N) is 2. The van der Waals surface area contributed by atoms with Crippen LogP contribution < -0.4 is 5.32 Å². The first-order chi connectivity index (χ1) is 13.3. The smallest absolute Gasteiger partial charge is 0.341 e. The molecule has 28 heavy (non-hydrogen) atoms. The van der Waals surface area contributed by atoms with Crippen molar-refractivity contribution in [1.29, 1.82) is 0 Å². The van der Waals surface area contributed by atoms with Crippen LogP contribution in [0.5, 0.6) is 0 Å². The molecule has 2 saturated heterocycles. The zero-order chi connectivity index (χ0) is 20.3. The number of benzene rings is 1. The summed E-state index contributed by atoms with van der Waals surface area (Å²) in [7, 11) is 0. The third kappa shape index (κ3) is 4.66. The number of carbonyl (C=O) groups is 2. The second-order valence-corrected chi connectivity index (χ2v) is 7.59. The molecule has 2 heterocycles. The van der Waals surface area contributed by atoms with Crippen molar-refractivity contribution < 1.29 is 22.8 Å². The highest BCUT2D eigenvalue weighted by Gasteiger charge is 2.35. The Balaban J connectivity index is 1.65. The molecular weight excluding hydrogens is 371 g/mol. The molecular formula is C20H26F3N3O2. The standard InChI is InChI=1S/C20H26F3N3O2/c1-14(16-6-2-3-7-17(16)20(21,22)23)11-18(27)25-9-4-5-15(13-25)26-10-8-24-12-19(26)28/h2-3,6-7,14-15,24H,4-5,8-13H2,1H3. The van der Waals surface area contributed by atoms with Crippen LogP contribution in [0.3, 0.4) is 0 Å². The molecule has 1 aromatic carbocycles. The summed E-state index contributed by atoms with van der Waals surface area (Å²) in [6.45, 7) is 4.38. The maximum atomic E-state index is 13.3. The van der Waals surface area contributed by atoms with E-state index < -0.39 is 17.7 Å². The Morgan fingerprint density at radius 3 is 2.75 bits per heavy atom. The molecule has 2 fully saturated rings. The molecule has 0 saturated carbocycles. The summed E-state index contributed by atoms with van der Waals surface area (Å²) in [6.07, 6.45) is -2.77. The Bertz CT molecular complexity index is 723. The van der Waals surface area contributed by atoms with E-state index in [0.29, 0.717) is 26.2 Å². The lowest BCUT2D eigenvalue weighted by molar-refractivity contribution is -0.141. The van der Waals surface area contributed by atoms with Crippen molar-refractivity contribution in [2.75, 3.05) is 32.7 Å². The number of piperidine rings is 1. The number of hydrogen-bond donors (Lipinski definition) is 1. The number of nitrogens with one attached hydrogen (secondary N) is 1. The summed E-state index contributed by atoms with van der Waals surface area (Å²) in [4.78, 5) is 28.4. The fraction of sp³-hybridized carbons (Fsp3) is 0.600. The van der Waals surface area contributed by atoms with Crippen molar-refractivity contribution in [2.24, 2.45) is 0 Å². The van der Waals surface area contributed by atoms with E-state index in [1.165, 1.54) is 12.1 Å². The van der Waals surface area contributed by atoms with Crippen LogP contribution >= 0.6 is 0 Å². The summed E-state index contributed by atoms with van der Waals surface area (Å²) in [5.41, 5.74) is -0.535. The van der Waals surface area contributed by atoms with Gasteiger partial charge in [-0.05, 0) is 30.4 Å². The summed E-state index contributed by atoms with van der Waals surface area (Å²) >= 11 is 0. The molecule has 0 spiro atoms. The van der Waals surface area contributed by atoms with E-state index >= 15 is 0 Å². The Labute approximate surface area is 162 Å². The number of likely N-dealkylation sites (tertiary alicyclic amines) is 1. The fourth-order valence-corrected chi connectivity index (χ4v) is 4.13. The van der Waals surface area contributed by atoms with E-state index in [4.69, 9.17) is 0 Å². The number of hydrogen-bond acceptors (Lipinski definition) is 3. The number of alkyl halides is 3. The predicted molar refractivity (Wildman–Crippen MR) is 98.7 cm³/mol. The van der Waals surface area contributed by atoms with Gasteiger partial charge in [0.1, 0.15) is 0 Å². The Morgan fingerprint density at radius 1 is 1.29 bits per heavy atom. The van der Waals surface area contributed by atoms with Gasteiger partial charge in [0, 0.05) is 38.6 Å². The van der Waals surface area contributed by atoms with Crippen molar-refractivity contribution in [1.82, 2.24) is 15.1 Å². The van der Waals surface area contributed by atoms with E-state index in [9.17, 15) is 22.8 Å². The van der Waals surface area contributed by atoms with Crippen LogP contribution in [0.15, 0.2) is 24.3 Å². The highest BCUT2D eigenvalue weighted by molar-refractivity contribution is 5.80. The topological polar surface area (TPSA) is 52.7 Å². The average Bonchev–Trinajstić information content (AvgIpc) is 2.67. The van der Waals surface area contributed by atoms with Crippen LogP contribution in [-0.4, -0.2) is 60.4 Å². The van der Waals surface area contributed by atoms with Crippen LogP contribution in [0, 0.1) is 0 Å². The van der Waals surface area contributed by atoms with Gasteiger partial charge < -0.3 is 15.1 Å². The first-order valence-corrected chi connectivity index (χ1v) is 9.71. The minimum absolute atomic E-state index is 0.00920. The zero-order valence-corrected chi connectivity index (χ0v) is 16.0. The number of amides is 2. The fourth-order valence-electron chi connectivity index (χ4n) is 4.13. The third-order valence-electron chi connectivity index (χ3n) is 5.59. The molecule has 1 aromatic rings. The lowest BCUT2D eigenvalue weighted by Gasteiger charge is -2.41. The van der Waals surface area contributed by atoms with Gasteiger partial charge in [0.2, 0.25) is 11.8 Å². The number of halogens is 3. The normalized spacial score (nSPS) is 22.3. The van der Waals surface area contributed by atoms with Crippen molar-refractivity contribution in [2.45, 2.75) is 44.3 Å². The summed E-state index contributed by atoms with van der Waals surface area (Å²) < 4.78 is 39.8. The number of piperazine rings is 1. The third-order valence-corrected chi connectivity index (χ3v) is 5.59. The quantitative estimate of drug-likeness (QED) is 0.850. The Morgan fingerprint density at radius 2 is 2.04 bits per heavy atom.